The molecule has 22 heavy (non-hydrogen) atoms. The first-order chi connectivity index (χ1) is 10.9. The molecule has 2 nitrogen and oxygen atoms in total. The molecule has 0 bridgehead atoms. The van der Waals surface area contributed by atoms with Gasteiger partial charge in [0.25, 0.3) is 0 Å². The molecule has 2 fully saturated rings. The van der Waals surface area contributed by atoms with Crippen LogP contribution in [0.25, 0.3) is 0 Å². The Labute approximate surface area is 139 Å². The van der Waals surface area contributed by atoms with Crippen LogP contribution in [0.1, 0.15) is 89.9 Å². The summed E-state index contributed by atoms with van der Waals surface area (Å²) in [6.07, 6.45) is 20.8. The molecule has 2 heteroatoms. The molecule has 0 atom stereocenters. The molecule has 2 heterocycles. The Morgan fingerprint density at radius 3 is 1.05 bits per heavy atom. The van der Waals surface area contributed by atoms with E-state index in [1.807, 2.05) is 9.80 Å². The molecule has 0 aromatic rings. The molecule has 2 aliphatic heterocycles. The third kappa shape index (κ3) is 8.53. The second-order valence-corrected chi connectivity index (χ2v) is 7.95. The van der Waals surface area contributed by atoms with E-state index < -0.39 is 0 Å². The summed E-state index contributed by atoms with van der Waals surface area (Å²) in [5.41, 5.74) is 0. The molecular formula is C20H42N2+2. The predicted octanol–water partition coefficient (Wildman–Crippen LogP) is 2.24. The molecule has 0 unspecified atom stereocenters. The van der Waals surface area contributed by atoms with Crippen LogP contribution < -0.4 is 9.80 Å². The maximum atomic E-state index is 1.90. The van der Waals surface area contributed by atoms with Gasteiger partial charge in [0.05, 0.1) is 39.3 Å². The normalized spacial score (nSPS) is 22.4. The largest absolute Gasteiger partial charge is 0.335 e. The molecule has 0 aromatic carbocycles. The van der Waals surface area contributed by atoms with Gasteiger partial charge in [-0.2, -0.15) is 0 Å². The van der Waals surface area contributed by atoms with Gasteiger partial charge in [0, 0.05) is 0 Å². The quantitative estimate of drug-likeness (QED) is 0.605. The summed E-state index contributed by atoms with van der Waals surface area (Å²) in [6, 6.07) is 0. The Morgan fingerprint density at radius 2 is 0.682 bits per heavy atom. The van der Waals surface area contributed by atoms with E-state index in [9.17, 15) is 0 Å². The Kier molecular flexibility index (Phi) is 10.3. The monoisotopic (exact) mass is 310 g/mol. The third-order valence-corrected chi connectivity index (χ3v) is 5.93. The highest BCUT2D eigenvalue weighted by Crippen LogP contribution is 2.05. The van der Waals surface area contributed by atoms with Crippen molar-refractivity contribution < 1.29 is 9.80 Å². The van der Waals surface area contributed by atoms with Gasteiger partial charge < -0.3 is 9.80 Å². The first-order valence-electron chi connectivity index (χ1n) is 10.6. The molecule has 0 aromatic heterocycles. The average molecular weight is 311 g/mol. The van der Waals surface area contributed by atoms with Crippen LogP contribution in [0, 0.1) is 0 Å². The number of quaternary nitrogens is 2. The zero-order chi connectivity index (χ0) is 15.3. The lowest BCUT2D eigenvalue weighted by molar-refractivity contribution is -0.899. The van der Waals surface area contributed by atoms with Crippen molar-refractivity contribution in [3.8, 4) is 0 Å². The number of hydrogen-bond donors (Lipinski definition) is 2. The minimum atomic E-state index is 1.46. The zero-order valence-electron chi connectivity index (χ0n) is 15.1. The number of hydrogen-bond acceptors (Lipinski definition) is 0. The fourth-order valence-corrected chi connectivity index (χ4v) is 4.41. The summed E-state index contributed by atoms with van der Waals surface area (Å²) < 4.78 is 0. The van der Waals surface area contributed by atoms with E-state index in [4.69, 9.17) is 0 Å². The Balaban J connectivity index is 1.36. The van der Waals surface area contributed by atoms with Gasteiger partial charge in [-0.25, -0.2) is 0 Å². The van der Waals surface area contributed by atoms with Gasteiger partial charge in [0.15, 0.2) is 0 Å². The second kappa shape index (κ2) is 12.4. The predicted molar refractivity (Wildman–Crippen MR) is 95.8 cm³/mol. The van der Waals surface area contributed by atoms with Crippen LogP contribution in [-0.4, -0.2) is 39.3 Å². The lowest BCUT2D eigenvalue weighted by Gasteiger charge is -2.17. The Morgan fingerprint density at radius 1 is 0.364 bits per heavy atom. The highest BCUT2D eigenvalue weighted by Gasteiger charge is 2.12. The summed E-state index contributed by atoms with van der Waals surface area (Å²) in [7, 11) is 0. The summed E-state index contributed by atoms with van der Waals surface area (Å²) in [5, 5.41) is 0. The van der Waals surface area contributed by atoms with Crippen molar-refractivity contribution in [2.24, 2.45) is 0 Å². The summed E-state index contributed by atoms with van der Waals surface area (Å²) in [6.45, 7) is 8.74. The molecule has 0 saturated carbocycles. The molecule has 0 amide bonds. The number of nitrogens with one attached hydrogen (secondary N) is 2. The lowest BCUT2D eigenvalue weighted by atomic mass is 10.1. The van der Waals surface area contributed by atoms with E-state index in [-0.39, 0.29) is 0 Å². The first kappa shape index (κ1) is 18.3. The van der Waals surface area contributed by atoms with E-state index in [2.05, 4.69) is 0 Å². The van der Waals surface area contributed by atoms with Crippen molar-refractivity contribution in [2.75, 3.05) is 39.3 Å². The van der Waals surface area contributed by atoms with Crippen LogP contribution in [0.4, 0.5) is 0 Å². The molecule has 2 saturated heterocycles. The van der Waals surface area contributed by atoms with Gasteiger partial charge in [-0.3, -0.25) is 0 Å². The summed E-state index contributed by atoms with van der Waals surface area (Å²) in [4.78, 5) is 3.81. The second-order valence-electron chi connectivity index (χ2n) is 7.95. The van der Waals surface area contributed by atoms with E-state index in [1.54, 1.807) is 0 Å². The highest BCUT2D eigenvalue weighted by molar-refractivity contribution is 4.50. The van der Waals surface area contributed by atoms with Crippen molar-refractivity contribution in [3.05, 3.63) is 0 Å². The molecular weight excluding hydrogens is 268 g/mol. The minimum absolute atomic E-state index is 1.46. The summed E-state index contributed by atoms with van der Waals surface area (Å²) >= 11 is 0. The minimum Gasteiger partial charge on any atom is -0.335 e. The fourth-order valence-electron chi connectivity index (χ4n) is 4.41. The van der Waals surface area contributed by atoms with Gasteiger partial charge in [0.1, 0.15) is 0 Å². The van der Waals surface area contributed by atoms with Gasteiger partial charge in [-0.05, 0) is 77.0 Å². The number of rotatable bonds is 9. The Bertz CT molecular complexity index is 212. The maximum absolute atomic E-state index is 1.90. The fraction of sp³-hybridized carbons (Fsp3) is 1.00. The van der Waals surface area contributed by atoms with Gasteiger partial charge in [-0.1, -0.05) is 12.8 Å². The van der Waals surface area contributed by atoms with Crippen molar-refractivity contribution >= 4 is 0 Å². The van der Waals surface area contributed by atoms with Crippen LogP contribution in [0.15, 0.2) is 0 Å². The lowest BCUT2D eigenvalue weighted by Crippen LogP contribution is -3.11. The van der Waals surface area contributed by atoms with Crippen molar-refractivity contribution in [1.29, 1.82) is 0 Å². The van der Waals surface area contributed by atoms with Gasteiger partial charge >= 0.3 is 0 Å². The van der Waals surface area contributed by atoms with E-state index >= 15 is 0 Å². The van der Waals surface area contributed by atoms with Gasteiger partial charge in [0.2, 0.25) is 0 Å². The van der Waals surface area contributed by atoms with Gasteiger partial charge in [-0.15, -0.1) is 0 Å². The standard InChI is InChI=1S/C20H40N2/c1(3-9-15-21-17-11-5-6-12-18-21)2-4-10-16-22-19-13-7-8-14-20-22/h1-20H2/p+2. The Hall–Kier alpha value is -0.0800. The van der Waals surface area contributed by atoms with E-state index in [0.717, 1.165) is 0 Å². The van der Waals surface area contributed by atoms with Crippen LogP contribution in [0.5, 0.6) is 0 Å². The number of likely N-dealkylation sites (tertiary alicyclic amines) is 2. The molecule has 0 aliphatic carbocycles. The van der Waals surface area contributed by atoms with E-state index in [1.165, 1.54) is 129 Å². The van der Waals surface area contributed by atoms with Crippen molar-refractivity contribution in [1.82, 2.24) is 0 Å². The zero-order valence-corrected chi connectivity index (χ0v) is 15.1. The molecule has 130 valence electrons. The topological polar surface area (TPSA) is 8.88 Å². The van der Waals surface area contributed by atoms with Crippen molar-refractivity contribution in [2.45, 2.75) is 89.9 Å². The molecule has 2 aliphatic rings. The molecule has 0 spiro atoms. The van der Waals surface area contributed by atoms with Crippen LogP contribution in [-0.2, 0) is 0 Å². The highest BCUT2D eigenvalue weighted by atomic mass is 15.1. The van der Waals surface area contributed by atoms with Crippen LogP contribution >= 0.6 is 0 Å². The molecule has 2 rings (SSSR count). The third-order valence-electron chi connectivity index (χ3n) is 5.93. The average Bonchev–Trinajstić information content (AvgIpc) is 2.94. The van der Waals surface area contributed by atoms with Crippen LogP contribution in [0.3, 0.4) is 0 Å². The van der Waals surface area contributed by atoms with Crippen molar-refractivity contribution in [3.63, 3.8) is 0 Å². The molecule has 2 N–H and O–H groups in total. The SMILES string of the molecule is C(CCCC[NH+]1CCCCCC1)CCC[NH+]1CCCCCC1. The molecule has 0 radical (unpaired) electrons. The van der Waals surface area contributed by atoms with E-state index in [0.29, 0.717) is 0 Å². The summed E-state index contributed by atoms with van der Waals surface area (Å²) in [5.74, 6) is 0. The number of unbranched alkanes of at least 4 members (excludes halogenated alkanes) is 5. The van der Waals surface area contributed by atoms with Crippen LogP contribution in [0.2, 0.25) is 0 Å². The smallest absolute Gasteiger partial charge is 0.0770 e. The first-order valence-corrected chi connectivity index (χ1v) is 10.6. The maximum Gasteiger partial charge on any atom is 0.0770 e.